The first kappa shape index (κ1) is 23.8. The van der Waals surface area contributed by atoms with Crippen LogP contribution < -0.4 is 0 Å². The normalized spacial score (nSPS) is 17.6. The number of amides is 1. The largest absolute Gasteiger partial charge is 0.347 e. The van der Waals surface area contributed by atoms with E-state index in [-0.39, 0.29) is 17.7 Å². The Morgan fingerprint density at radius 1 is 0.889 bits per heavy atom. The first-order valence-electron chi connectivity index (χ1n) is 11.6. The van der Waals surface area contributed by atoms with E-state index in [1.807, 2.05) is 42.0 Å². The molecule has 0 N–H and O–H groups in total. The molecule has 1 aliphatic rings. The van der Waals surface area contributed by atoms with Crippen molar-refractivity contribution in [2.45, 2.75) is 31.8 Å². The molecule has 2 heterocycles. The van der Waals surface area contributed by atoms with Crippen LogP contribution in [-0.2, 0) is 6.54 Å². The summed E-state index contributed by atoms with van der Waals surface area (Å²) in [6, 6.07) is 11.7. The number of aromatic nitrogens is 1. The van der Waals surface area contributed by atoms with Crippen LogP contribution in [0.25, 0.3) is 10.9 Å². The van der Waals surface area contributed by atoms with E-state index in [4.69, 9.17) is 0 Å². The molecule has 1 aromatic heterocycles. The highest BCUT2D eigenvalue weighted by Gasteiger charge is 2.45. The number of Topliss-reactive ketones (excluding diaryl/α,β-unsaturated/α-hetero) is 1. The number of likely N-dealkylation sites (tertiary alicyclic amines) is 1. The summed E-state index contributed by atoms with van der Waals surface area (Å²) >= 11 is 0. The van der Waals surface area contributed by atoms with Crippen molar-refractivity contribution in [3.05, 3.63) is 107 Å². The number of benzene rings is 3. The Morgan fingerprint density at radius 3 is 2.17 bits per heavy atom. The third-order valence-electron chi connectivity index (χ3n) is 6.85. The molecule has 5 rings (SSSR count). The van der Waals surface area contributed by atoms with E-state index in [9.17, 15) is 27.2 Å². The second-order valence-corrected chi connectivity index (χ2v) is 8.84. The molecular weight excluding hydrogens is 472 g/mol. The number of rotatable bonds is 5. The van der Waals surface area contributed by atoms with E-state index in [0.29, 0.717) is 25.1 Å². The van der Waals surface area contributed by atoms with E-state index in [1.54, 1.807) is 0 Å². The summed E-state index contributed by atoms with van der Waals surface area (Å²) in [6.07, 6.45) is 2.29. The molecular formula is C28H22F4N2O2. The minimum absolute atomic E-state index is 0.102. The molecule has 1 aliphatic heterocycles. The molecule has 4 aromatic rings. The van der Waals surface area contributed by atoms with Crippen LogP contribution in [-0.4, -0.2) is 33.7 Å². The Balaban J connectivity index is 1.64. The quantitative estimate of drug-likeness (QED) is 0.249. The standard InChI is InChI=1S/C28H22F4N2O2/c1-2-33-15-22(18-5-3-4-6-25(18)33)19-11-12-34(28(36)21-10-8-17(30)14-24(21)32)26(19)27(35)20-9-7-16(29)13-23(20)31/h3-10,13-15,19,26H,2,11-12H2,1H3. The van der Waals surface area contributed by atoms with Gasteiger partial charge in [0, 0.05) is 48.2 Å². The van der Waals surface area contributed by atoms with E-state index < -0.39 is 46.9 Å². The molecule has 0 spiro atoms. The number of fused-ring (bicyclic) bond motifs is 1. The van der Waals surface area contributed by atoms with Gasteiger partial charge in [-0.25, -0.2) is 17.6 Å². The minimum atomic E-state index is -1.17. The maximum absolute atomic E-state index is 14.7. The lowest BCUT2D eigenvalue weighted by Crippen LogP contribution is -2.43. The average molecular weight is 494 g/mol. The molecule has 184 valence electrons. The van der Waals surface area contributed by atoms with Crippen LogP contribution in [0.1, 0.15) is 45.5 Å². The van der Waals surface area contributed by atoms with Crippen LogP contribution in [0.4, 0.5) is 17.6 Å². The van der Waals surface area contributed by atoms with Gasteiger partial charge in [0.05, 0.1) is 11.1 Å². The first-order chi connectivity index (χ1) is 17.3. The van der Waals surface area contributed by atoms with Crippen LogP contribution in [0, 0.1) is 23.3 Å². The van der Waals surface area contributed by atoms with Gasteiger partial charge < -0.3 is 9.47 Å². The number of ketones is 1. The van der Waals surface area contributed by atoms with Gasteiger partial charge in [-0.3, -0.25) is 9.59 Å². The van der Waals surface area contributed by atoms with Gasteiger partial charge in [0.2, 0.25) is 0 Å². The first-order valence-corrected chi connectivity index (χ1v) is 11.6. The molecule has 8 heteroatoms. The summed E-state index contributed by atoms with van der Waals surface area (Å²) in [4.78, 5) is 28.4. The van der Waals surface area contributed by atoms with Crippen molar-refractivity contribution < 1.29 is 27.2 Å². The Kier molecular flexibility index (Phi) is 6.12. The summed E-state index contributed by atoms with van der Waals surface area (Å²) < 4.78 is 58.2. The molecule has 1 saturated heterocycles. The van der Waals surface area contributed by atoms with E-state index in [1.165, 1.54) is 4.90 Å². The Labute approximate surface area is 204 Å². The highest BCUT2D eigenvalue weighted by atomic mass is 19.1. The smallest absolute Gasteiger partial charge is 0.257 e. The SMILES string of the molecule is CCn1cc(C2CCN(C(=O)c3ccc(F)cc3F)C2C(=O)c2ccc(F)cc2F)c2ccccc21. The number of halogens is 4. The van der Waals surface area contributed by atoms with Crippen molar-refractivity contribution in [2.75, 3.05) is 6.54 Å². The molecule has 1 amide bonds. The zero-order chi connectivity index (χ0) is 25.6. The van der Waals surface area contributed by atoms with Gasteiger partial charge in [0.25, 0.3) is 5.91 Å². The lowest BCUT2D eigenvalue weighted by atomic mass is 9.86. The molecule has 2 atom stereocenters. The van der Waals surface area contributed by atoms with Crippen molar-refractivity contribution in [2.24, 2.45) is 0 Å². The molecule has 4 nitrogen and oxygen atoms in total. The molecule has 36 heavy (non-hydrogen) atoms. The van der Waals surface area contributed by atoms with Crippen molar-refractivity contribution >= 4 is 22.6 Å². The number of nitrogens with zero attached hydrogens (tertiary/aromatic N) is 2. The number of para-hydroxylation sites is 1. The minimum Gasteiger partial charge on any atom is -0.347 e. The Morgan fingerprint density at radius 2 is 1.53 bits per heavy atom. The molecule has 1 fully saturated rings. The van der Waals surface area contributed by atoms with E-state index in [0.717, 1.165) is 40.7 Å². The van der Waals surface area contributed by atoms with Gasteiger partial charge in [-0.15, -0.1) is 0 Å². The Bertz CT molecular complexity index is 1500. The third kappa shape index (κ3) is 3.96. The van der Waals surface area contributed by atoms with Crippen LogP contribution in [0.2, 0.25) is 0 Å². The van der Waals surface area contributed by atoms with Gasteiger partial charge in [0.15, 0.2) is 5.78 Å². The van der Waals surface area contributed by atoms with Gasteiger partial charge in [-0.1, -0.05) is 18.2 Å². The highest BCUT2D eigenvalue weighted by molar-refractivity contribution is 6.06. The second kappa shape index (κ2) is 9.26. The molecule has 0 bridgehead atoms. The summed E-state index contributed by atoms with van der Waals surface area (Å²) in [7, 11) is 0. The summed E-state index contributed by atoms with van der Waals surface area (Å²) in [5.74, 6) is -5.79. The maximum atomic E-state index is 14.7. The van der Waals surface area contributed by atoms with Gasteiger partial charge in [-0.2, -0.15) is 0 Å². The zero-order valence-electron chi connectivity index (χ0n) is 19.3. The molecule has 0 radical (unpaired) electrons. The van der Waals surface area contributed by atoms with E-state index in [2.05, 4.69) is 0 Å². The summed E-state index contributed by atoms with van der Waals surface area (Å²) in [6.45, 7) is 2.75. The predicted octanol–water partition coefficient (Wildman–Crippen LogP) is 6.10. The van der Waals surface area contributed by atoms with Gasteiger partial charge >= 0.3 is 0 Å². The molecule has 0 saturated carbocycles. The second-order valence-electron chi connectivity index (χ2n) is 8.84. The highest BCUT2D eigenvalue weighted by Crippen LogP contribution is 2.40. The van der Waals surface area contributed by atoms with E-state index >= 15 is 0 Å². The molecule has 3 aromatic carbocycles. The molecule has 2 unspecified atom stereocenters. The fraction of sp³-hybridized carbons (Fsp3) is 0.214. The monoisotopic (exact) mass is 494 g/mol. The van der Waals surface area contributed by atoms with Crippen LogP contribution in [0.15, 0.2) is 66.9 Å². The van der Waals surface area contributed by atoms with Crippen molar-refractivity contribution in [3.8, 4) is 0 Å². The lowest BCUT2D eigenvalue weighted by Gasteiger charge is -2.28. The van der Waals surface area contributed by atoms with Crippen LogP contribution in [0.3, 0.4) is 0 Å². The predicted molar refractivity (Wildman–Crippen MR) is 127 cm³/mol. The number of aryl methyl sites for hydroxylation is 1. The summed E-state index contributed by atoms with van der Waals surface area (Å²) in [5, 5.41) is 0.893. The fourth-order valence-corrected chi connectivity index (χ4v) is 5.17. The number of hydrogen-bond acceptors (Lipinski definition) is 2. The van der Waals surface area contributed by atoms with Gasteiger partial charge in [-0.05, 0) is 49.2 Å². The average Bonchev–Trinajstić information content (AvgIpc) is 3.45. The fourth-order valence-electron chi connectivity index (χ4n) is 5.17. The number of carbonyl (C=O) groups is 2. The molecule has 0 aliphatic carbocycles. The number of hydrogen-bond donors (Lipinski definition) is 0. The van der Waals surface area contributed by atoms with Crippen molar-refractivity contribution in [1.29, 1.82) is 0 Å². The topological polar surface area (TPSA) is 42.3 Å². The van der Waals surface area contributed by atoms with Crippen molar-refractivity contribution in [1.82, 2.24) is 9.47 Å². The van der Waals surface area contributed by atoms with Crippen LogP contribution >= 0.6 is 0 Å². The lowest BCUT2D eigenvalue weighted by molar-refractivity contribution is 0.0657. The van der Waals surface area contributed by atoms with Gasteiger partial charge in [0.1, 0.15) is 29.3 Å². The zero-order valence-corrected chi connectivity index (χ0v) is 19.3. The van der Waals surface area contributed by atoms with Crippen LogP contribution in [0.5, 0.6) is 0 Å². The Hall–Kier alpha value is -3.94. The summed E-state index contributed by atoms with van der Waals surface area (Å²) in [5.41, 5.74) is 1.02. The van der Waals surface area contributed by atoms with Crippen molar-refractivity contribution in [3.63, 3.8) is 0 Å². The third-order valence-corrected chi connectivity index (χ3v) is 6.85. The maximum Gasteiger partial charge on any atom is 0.257 e. The number of carbonyl (C=O) groups excluding carboxylic acids is 2.